The summed E-state index contributed by atoms with van der Waals surface area (Å²) in [6.45, 7) is 0. The molecule has 3 aromatic rings. The molecule has 138 valence electrons. The van der Waals surface area contributed by atoms with Crippen molar-refractivity contribution in [1.29, 1.82) is 0 Å². The highest BCUT2D eigenvalue weighted by atomic mass is 19.1. The Morgan fingerprint density at radius 3 is 2.37 bits per heavy atom. The number of nitrogens with two attached hydrogens (primary N) is 2. The normalized spacial score (nSPS) is 10.9. The van der Waals surface area contributed by atoms with E-state index in [9.17, 15) is 33.6 Å². The largest absolute Gasteiger partial charge is 0.477 e. The van der Waals surface area contributed by atoms with Crippen molar-refractivity contribution in [2.24, 2.45) is 0 Å². The molecule has 0 unspecified atom stereocenters. The first kappa shape index (κ1) is 17.8. The summed E-state index contributed by atoms with van der Waals surface area (Å²) in [6.07, 6.45) is 0.814. The van der Waals surface area contributed by atoms with Crippen LogP contribution in [0.3, 0.4) is 0 Å². The van der Waals surface area contributed by atoms with Crippen LogP contribution >= 0.6 is 0 Å². The number of aromatic nitrogens is 1. The van der Waals surface area contributed by atoms with E-state index in [2.05, 4.69) is 0 Å². The Bertz CT molecular complexity index is 1210. The summed E-state index contributed by atoms with van der Waals surface area (Å²) >= 11 is 0. The summed E-state index contributed by atoms with van der Waals surface area (Å²) in [6, 6.07) is 3.22. The number of halogens is 2. The molecule has 0 spiro atoms. The number of hydrogen-bond acceptors (Lipinski definition) is 6. The molecule has 27 heavy (non-hydrogen) atoms. The lowest BCUT2D eigenvalue weighted by molar-refractivity contribution is -0.383. The summed E-state index contributed by atoms with van der Waals surface area (Å²) in [4.78, 5) is 34.0. The molecule has 0 amide bonds. The molecule has 0 radical (unpaired) electrons. The molecule has 0 bridgehead atoms. The minimum absolute atomic E-state index is 0.113. The van der Waals surface area contributed by atoms with Crippen LogP contribution in [0, 0.1) is 21.7 Å². The Labute approximate surface area is 148 Å². The van der Waals surface area contributed by atoms with E-state index in [-0.39, 0.29) is 22.3 Å². The van der Waals surface area contributed by atoms with Gasteiger partial charge in [0.15, 0.2) is 0 Å². The zero-order valence-electron chi connectivity index (χ0n) is 13.3. The maximum absolute atomic E-state index is 14.3. The number of anilines is 2. The number of rotatable bonds is 3. The number of fused-ring (bicyclic) bond motifs is 1. The molecule has 0 atom stereocenters. The number of hydrogen-bond donors (Lipinski definition) is 3. The zero-order valence-corrected chi connectivity index (χ0v) is 13.3. The minimum Gasteiger partial charge on any atom is -0.477 e. The molecule has 0 aliphatic rings. The second kappa shape index (κ2) is 6.05. The smallest absolute Gasteiger partial charge is 0.341 e. The summed E-state index contributed by atoms with van der Waals surface area (Å²) in [7, 11) is 0. The summed E-state index contributed by atoms with van der Waals surface area (Å²) in [5.74, 6) is -3.76. The Morgan fingerprint density at radius 2 is 1.78 bits per heavy atom. The third kappa shape index (κ3) is 2.80. The summed E-state index contributed by atoms with van der Waals surface area (Å²) in [5, 5.41) is 19.9. The van der Waals surface area contributed by atoms with Crippen LogP contribution in [0.2, 0.25) is 0 Å². The van der Waals surface area contributed by atoms with Crippen molar-refractivity contribution < 1.29 is 23.6 Å². The van der Waals surface area contributed by atoms with Crippen molar-refractivity contribution in [2.45, 2.75) is 0 Å². The third-order valence-electron chi connectivity index (χ3n) is 3.90. The first-order valence-electron chi connectivity index (χ1n) is 7.23. The second-order valence-electron chi connectivity index (χ2n) is 5.56. The number of aromatic carboxylic acids is 1. The van der Waals surface area contributed by atoms with Gasteiger partial charge in [-0.2, -0.15) is 0 Å². The van der Waals surface area contributed by atoms with Crippen LogP contribution in [-0.4, -0.2) is 20.6 Å². The summed E-state index contributed by atoms with van der Waals surface area (Å²) in [5.41, 5.74) is 7.42. The van der Waals surface area contributed by atoms with Gasteiger partial charge in [0.05, 0.1) is 27.2 Å². The van der Waals surface area contributed by atoms with Gasteiger partial charge < -0.3 is 21.1 Å². The molecule has 11 heteroatoms. The van der Waals surface area contributed by atoms with Crippen LogP contribution in [0.5, 0.6) is 0 Å². The average Bonchev–Trinajstić information content (AvgIpc) is 2.58. The molecular weight excluding hydrogens is 366 g/mol. The van der Waals surface area contributed by atoms with E-state index in [1.165, 1.54) is 0 Å². The first-order valence-corrected chi connectivity index (χ1v) is 7.23. The monoisotopic (exact) mass is 376 g/mol. The molecule has 0 fully saturated rings. The highest BCUT2D eigenvalue weighted by Gasteiger charge is 2.22. The van der Waals surface area contributed by atoms with Crippen LogP contribution in [-0.2, 0) is 0 Å². The fourth-order valence-corrected chi connectivity index (χ4v) is 2.62. The lowest BCUT2D eigenvalue weighted by Crippen LogP contribution is -2.19. The van der Waals surface area contributed by atoms with Crippen LogP contribution < -0.4 is 16.9 Å². The highest BCUT2D eigenvalue weighted by molar-refractivity contribution is 5.95. The molecule has 0 aliphatic heterocycles. The number of nitrogen functional groups attached to an aromatic ring is 2. The number of benzene rings is 2. The Hall–Kier alpha value is -4.02. The fourth-order valence-electron chi connectivity index (χ4n) is 2.62. The number of nitrogens with zero attached hydrogens (tertiary/aromatic N) is 2. The van der Waals surface area contributed by atoms with Gasteiger partial charge in [-0.1, -0.05) is 0 Å². The molecule has 0 aliphatic carbocycles. The van der Waals surface area contributed by atoms with Crippen molar-refractivity contribution in [3.8, 4) is 5.69 Å². The zero-order chi connectivity index (χ0) is 20.0. The van der Waals surface area contributed by atoms with Crippen LogP contribution in [0.25, 0.3) is 16.6 Å². The van der Waals surface area contributed by atoms with E-state index in [1.54, 1.807) is 0 Å². The molecule has 2 aromatic carbocycles. The van der Waals surface area contributed by atoms with Gasteiger partial charge in [-0.15, -0.1) is 0 Å². The van der Waals surface area contributed by atoms with Crippen molar-refractivity contribution in [3.05, 3.63) is 68.0 Å². The molecular formula is C16H10F2N4O5. The molecule has 1 heterocycles. The number of pyridine rings is 1. The maximum atomic E-state index is 14.3. The van der Waals surface area contributed by atoms with Gasteiger partial charge in [0, 0.05) is 18.3 Å². The lowest BCUT2D eigenvalue weighted by atomic mass is 10.1. The minimum atomic E-state index is -1.63. The second-order valence-corrected chi connectivity index (χ2v) is 5.56. The first-order chi connectivity index (χ1) is 12.6. The van der Waals surface area contributed by atoms with Crippen molar-refractivity contribution in [1.82, 2.24) is 4.57 Å². The standard InChI is InChI=1S/C16H10F2N4O5/c17-8-2-9(18)13(3-10(8)19)21-5-7(16(24)25)15(23)6-1-14(22(26)27)11(20)4-12(6)21/h1-5H,19-20H2,(H,24,25). The lowest BCUT2D eigenvalue weighted by Gasteiger charge is -2.14. The Kier molecular flexibility index (Phi) is 3.99. The van der Waals surface area contributed by atoms with Gasteiger partial charge >= 0.3 is 5.97 Å². The van der Waals surface area contributed by atoms with Crippen molar-refractivity contribution >= 4 is 33.9 Å². The van der Waals surface area contributed by atoms with Crippen LogP contribution in [0.4, 0.5) is 25.8 Å². The van der Waals surface area contributed by atoms with E-state index < -0.39 is 44.9 Å². The topological polar surface area (TPSA) is 154 Å². The van der Waals surface area contributed by atoms with Gasteiger partial charge in [0.25, 0.3) is 5.69 Å². The van der Waals surface area contributed by atoms with E-state index in [0.29, 0.717) is 6.07 Å². The quantitative estimate of drug-likeness (QED) is 0.359. The molecule has 1 aromatic heterocycles. The van der Waals surface area contributed by atoms with Gasteiger partial charge in [0.2, 0.25) is 5.43 Å². The van der Waals surface area contributed by atoms with Crippen LogP contribution in [0.1, 0.15) is 10.4 Å². The molecule has 0 saturated heterocycles. The molecule has 5 N–H and O–H groups in total. The Morgan fingerprint density at radius 1 is 1.11 bits per heavy atom. The highest BCUT2D eigenvalue weighted by Crippen LogP contribution is 2.30. The predicted molar refractivity (Wildman–Crippen MR) is 91.9 cm³/mol. The summed E-state index contributed by atoms with van der Waals surface area (Å²) < 4.78 is 28.7. The fraction of sp³-hybridized carbons (Fsp3) is 0. The predicted octanol–water partition coefficient (Wildman–Crippen LogP) is 2.04. The SMILES string of the molecule is Nc1cc(-n2cc(C(=O)O)c(=O)c3cc([N+](=O)[O-])c(N)cc32)c(F)cc1F. The van der Waals surface area contributed by atoms with Crippen molar-refractivity contribution in [3.63, 3.8) is 0 Å². The van der Waals surface area contributed by atoms with Crippen molar-refractivity contribution in [2.75, 3.05) is 11.5 Å². The molecule has 0 saturated carbocycles. The molecule has 3 rings (SSSR count). The van der Waals surface area contributed by atoms with Gasteiger partial charge in [-0.25, -0.2) is 13.6 Å². The number of carbonyl (C=O) groups is 1. The number of carboxylic acids is 1. The van der Waals surface area contributed by atoms with E-state index in [1.807, 2.05) is 0 Å². The van der Waals surface area contributed by atoms with E-state index >= 15 is 0 Å². The number of nitro groups is 1. The number of nitro benzene ring substituents is 1. The van der Waals surface area contributed by atoms with Gasteiger partial charge in [-0.05, 0) is 12.1 Å². The molecule has 9 nitrogen and oxygen atoms in total. The van der Waals surface area contributed by atoms with Gasteiger partial charge in [-0.3, -0.25) is 14.9 Å². The van der Waals surface area contributed by atoms with Crippen LogP contribution in [0.15, 0.2) is 35.3 Å². The average molecular weight is 376 g/mol. The number of carboxylic acid groups (broad SMARTS) is 1. The third-order valence-corrected chi connectivity index (χ3v) is 3.90. The Balaban J connectivity index is 2.53. The van der Waals surface area contributed by atoms with Gasteiger partial charge in [0.1, 0.15) is 22.9 Å². The van der Waals surface area contributed by atoms with E-state index in [4.69, 9.17) is 11.5 Å². The maximum Gasteiger partial charge on any atom is 0.341 e. The van der Waals surface area contributed by atoms with E-state index in [0.717, 1.165) is 29.0 Å².